The molecule has 0 aliphatic heterocycles. The highest BCUT2D eigenvalue weighted by Crippen LogP contribution is 2.33. The second-order valence-corrected chi connectivity index (χ2v) is 11.1. The van der Waals surface area contributed by atoms with Gasteiger partial charge in [0.05, 0.1) is 0 Å². The molecule has 8 heteroatoms. The third kappa shape index (κ3) is 7.90. The van der Waals surface area contributed by atoms with Crippen LogP contribution in [0.1, 0.15) is 53.4 Å². The average molecular weight is 486 g/mol. The molecule has 0 aromatic heterocycles. The van der Waals surface area contributed by atoms with E-state index < -0.39 is 34.5 Å². The van der Waals surface area contributed by atoms with Crippen molar-refractivity contribution < 1.29 is 27.3 Å². The number of anilines is 1. The number of carbonyl (C=O) groups is 1. The Morgan fingerprint density at radius 1 is 1.15 bits per heavy atom. The van der Waals surface area contributed by atoms with Gasteiger partial charge in [0.15, 0.2) is 17.5 Å². The van der Waals surface area contributed by atoms with Gasteiger partial charge in [0.25, 0.3) is 5.91 Å². The first-order chi connectivity index (χ1) is 15.5. The summed E-state index contributed by atoms with van der Waals surface area (Å²) in [6, 6.07) is 1.45. The van der Waals surface area contributed by atoms with Crippen molar-refractivity contribution in [3.05, 3.63) is 52.2 Å². The van der Waals surface area contributed by atoms with Gasteiger partial charge in [0.1, 0.15) is 10.2 Å². The van der Waals surface area contributed by atoms with Crippen LogP contribution in [0.4, 0.5) is 18.9 Å². The summed E-state index contributed by atoms with van der Waals surface area (Å²) < 4.78 is 58.8. The topological polar surface area (TPSA) is 61.4 Å². The van der Waals surface area contributed by atoms with Crippen molar-refractivity contribution in [3.8, 4) is 0 Å². The number of hydrogen-bond acceptors (Lipinski definition) is 3. The number of carbonyl (C=O) groups excluding carboxylic acids is 1. The minimum absolute atomic E-state index is 0.0966. The summed E-state index contributed by atoms with van der Waals surface area (Å²) in [5.74, 6) is -3.90. The molecule has 1 amide bonds. The summed E-state index contributed by atoms with van der Waals surface area (Å²) >= 11 is -1.28. The molecule has 0 heterocycles. The zero-order chi connectivity index (χ0) is 24.7. The highest BCUT2D eigenvalue weighted by molar-refractivity contribution is 7.95. The Labute approximate surface area is 197 Å². The van der Waals surface area contributed by atoms with Crippen LogP contribution >= 0.6 is 0 Å². The molecular formula is C25H34F3NO3S. The highest BCUT2D eigenvalue weighted by Gasteiger charge is 2.33. The number of nitrogens with one attached hydrogen (secondary N) is 1. The van der Waals surface area contributed by atoms with Crippen LogP contribution in [0.2, 0.25) is 0 Å². The molecule has 1 aliphatic rings. The Kier molecular flexibility index (Phi) is 10.5. The van der Waals surface area contributed by atoms with Crippen molar-refractivity contribution in [1.82, 2.24) is 0 Å². The molecule has 0 bridgehead atoms. The Morgan fingerprint density at radius 3 is 2.36 bits per heavy atom. The van der Waals surface area contributed by atoms with E-state index in [9.17, 15) is 22.5 Å². The van der Waals surface area contributed by atoms with Crippen molar-refractivity contribution in [2.45, 2.75) is 58.6 Å². The normalized spacial score (nSPS) is 17.8. The van der Waals surface area contributed by atoms with Gasteiger partial charge in [-0.1, -0.05) is 26.8 Å². The summed E-state index contributed by atoms with van der Waals surface area (Å²) in [4.78, 5) is 13.3. The van der Waals surface area contributed by atoms with Crippen molar-refractivity contribution in [2.24, 2.45) is 17.8 Å². The standard InChI is InChI=1S/C25H34F3NO3S/c1-15(2)9-19(10-16(3)14-32-5)17(4)33(31)21-8-6-7-18(11-21)25(30)29-20-12-22(26)24(28)23(27)13-20/h7,11-13,15-17,19H,6,8-10,14H2,1-5H3,(H,29,30). The fourth-order valence-electron chi connectivity index (χ4n) is 4.19. The van der Waals surface area contributed by atoms with Crippen LogP contribution in [0.3, 0.4) is 0 Å². The van der Waals surface area contributed by atoms with E-state index in [2.05, 4.69) is 26.1 Å². The molecule has 33 heavy (non-hydrogen) atoms. The second kappa shape index (κ2) is 12.6. The predicted octanol–water partition coefficient (Wildman–Crippen LogP) is 6.12. The second-order valence-electron chi connectivity index (χ2n) is 9.21. The summed E-state index contributed by atoms with van der Waals surface area (Å²) in [6.45, 7) is 9.06. The Balaban J connectivity index is 2.14. The van der Waals surface area contributed by atoms with Crippen molar-refractivity contribution in [3.63, 3.8) is 0 Å². The van der Waals surface area contributed by atoms with Crippen LogP contribution in [0.5, 0.6) is 0 Å². The average Bonchev–Trinajstić information content (AvgIpc) is 2.75. The summed E-state index contributed by atoms with van der Waals surface area (Å²) in [6.07, 6.45) is 6.26. The molecule has 1 N–H and O–H groups in total. The summed E-state index contributed by atoms with van der Waals surface area (Å²) in [5.41, 5.74) is 0.0894. The van der Waals surface area contributed by atoms with Crippen LogP contribution in [0, 0.1) is 35.2 Å². The van der Waals surface area contributed by atoms with Crippen LogP contribution in [0.15, 0.2) is 34.8 Å². The van der Waals surface area contributed by atoms with Gasteiger partial charge in [-0.15, -0.1) is 0 Å². The first-order valence-corrected chi connectivity index (χ1v) is 12.5. The number of amides is 1. The lowest BCUT2D eigenvalue weighted by Gasteiger charge is -2.31. The Hall–Kier alpha value is -1.77. The smallest absolute Gasteiger partial charge is 0.255 e. The Morgan fingerprint density at radius 2 is 1.79 bits per heavy atom. The van der Waals surface area contributed by atoms with E-state index in [1.165, 1.54) is 0 Å². The van der Waals surface area contributed by atoms with Gasteiger partial charge in [-0.2, -0.15) is 0 Å². The molecule has 0 radical (unpaired) electrons. The van der Waals surface area contributed by atoms with E-state index in [4.69, 9.17) is 4.74 Å². The monoisotopic (exact) mass is 485 g/mol. The van der Waals surface area contributed by atoms with Gasteiger partial charge >= 0.3 is 0 Å². The largest absolute Gasteiger partial charge is 0.611 e. The summed E-state index contributed by atoms with van der Waals surface area (Å²) in [5, 5.41) is 2.29. The van der Waals surface area contributed by atoms with Gasteiger partial charge in [-0.3, -0.25) is 4.79 Å². The van der Waals surface area contributed by atoms with Crippen molar-refractivity contribution in [1.29, 1.82) is 0 Å². The first kappa shape index (κ1) is 27.5. The van der Waals surface area contributed by atoms with Crippen LogP contribution < -0.4 is 5.32 Å². The molecule has 2 rings (SSSR count). The minimum Gasteiger partial charge on any atom is -0.611 e. The van der Waals surface area contributed by atoms with Gasteiger partial charge in [-0.25, -0.2) is 13.2 Å². The number of allylic oxidation sites excluding steroid dienone is 2. The third-order valence-corrected chi connectivity index (χ3v) is 7.66. The maximum atomic E-state index is 13.5. The molecule has 1 aromatic rings. The van der Waals surface area contributed by atoms with Gasteiger partial charge in [0, 0.05) is 55.5 Å². The number of rotatable bonds is 11. The molecule has 4 unspecified atom stereocenters. The van der Waals surface area contributed by atoms with Crippen LogP contribution in [-0.2, 0) is 20.7 Å². The van der Waals surface area contributed by atoms with E-state index >= 15 is 0 Å². The number of halogens is 3. The fourth-order valence-corrected chi connectivity index (χ4v) is 5.80. The first-order valence-electron chi connectivity index (χ1n) is 11.3. The zero-order valence-electron chi connectivity index (χ0n) is 19.9. The predicted molar refractivity (Wildman–Crippen MR) is 127 cm³/mol. The number of ether oxygens (including phenoxy) is 1. The fraction of sp³-hybridized carbons (Fsp3) is 0.560. The van der Waals surface area contributed by atoms with Crippen molar-refractivity contribution in [2.75, 3.05) is 19.0 Å². The molecule has 0 fully saturated rings. The van der Waals surface area contributed by atoms with E-state index in [1.807, 2.05) is 6.92 Å². The number of hydrogen-bond donors (Lipinski definition) is 1. The SMILES string of the molecule is COCC(C)CC(CC(C)C)C(C)[S+]([O-])C1=CC(C(=O)Nc2cc(F)c(F)c(F)c2)=CCC1. The van der Waals surface area contributed by atoms with Gasteiger partial charge < -0.3 is 14.6 Å². The van der Waals surface area contributed by atoms with E-state index in [0.717, 1.165) is 25.0 Å². The molecular weight excluding hydrogens is 451 g/mol. The lowest BCUT2D eigenvalue weighted by molar-refractivity contribution is -0.112. The van der Waals surface area contributed by atoms with E-state index in [1.54, 1.807) is 19.3 Å². The molecule has 4 nitrogen and oxygen atoms in total. The molecule has 0 saturated heterocycles. The molecule has 0 spiro atoms. The Bertz CT molecular complexity index is 865. The lowest BCUT2D eigenvalue weighted by Crippen LogP contribution is -2.31. The highest BCUT2D eigenvalue weighted by atomic mass is 32.2. The van der Waals surface area contributed by atoms with E-state index in [-0.39, 0.29) is 22.4 Å². The lowest BCUT2D eigenvalue weighted by atomic mass is 9.87. The summed E-state index contributed by atoms with van der Waals surface area (Å²) in [7, 11) is 1.68. The quantitative estimate of drug-likeness (QED) is 0.303. The van der Waals surface area contributed by atoms with Crippen LogP contribution in [0.25, 0.3) is 0 Å². The molecule has 0 saturated carbocycles. The minimum atomic E-state index is -1.59. The maximum Gasteiger partial charge on any atom is 0.255 e. The van der Waals surface area contributed by atoms with Crippen LogP contribution in [-0.4, -0.2) is 29.4 Å². The van der Waals surface area contributed by atoms with Gasteiger partial charge in [-0.05, 0) is 49.2 Å². The molecule has 4 atom stereocenters. The molecule has 1 aliphatic carbocycles. The number of benzene rings is 1. The maximum absolute atomic E-state index is 13.5. The molecule has 184 valence electrons. The third-order valence-electron chi connectivity index (χ3n) is 5.77. The van der Waals surface area contributed by atoms with Gasteiger partial charge in [0.2, 0.25) is 0 Å². The zero-order valence-corrected chi connectivity index (χ0v) is 20.7. The van der Waals surface area contributed by atoms with Crippen molar-refractivity contribution >= 4 is 22.8 Å². The molecule has 1 aromatic carbocycles. The van der Waals surface area contributed by atoms with E-state index in [0.29, 0.717) is 36.2 Å². The number of methoxy groups -OCH3 is 1.